The van der Waals surface area contributed by atoms with E-state index in [0.29, 0.717) is 53.4 Å². The molecule has 2 heterocycles. The van der Waals surface area contributed by atoms with Crippen LogP contribution in [0.1, 0.15) is 30.9 Å². The number of nitrogens with one attached hydrogen (secondary N) is 2. The number of nitriles is 1. The van der Waals surface area contributed by atoms with Crippen molar-refractivity contribution in [2.75, 3.05) is 26.2 Å². The first-order chi connectivity index (χ1) is 18.4. The molecule has 0 radical (unpaired) electrons. The molecule has 2 amide bonds. The summed E-state index contributed by atoms with van der Waals surface area (Å²) in [4.78, 5) is 22.0. The van der Waals surface area contributed by atoms with Crippen LogP contribution in [-0.4, -0.2) is 47.1 Å². The fourth-order valence-electron chi connectivity index (χ4n) is 4.96. The molecule has 1 aliphatic heterocycles. The standard InChI is InChI=1S/C29H27Cl2N5O2/c1-2-33-28(37)36-12-10-29(11-13-36,18-38-27-34-25-15-23(30)24(31)16-26(25)35-27)22-8-6-20(7-9-22)21-5-3-4-19(14-21)17-32/h3-9,14-16H,2,10-13,18H2,1H3,(H,33,37)(H,34,35). The van der Waals surface area contributed by atoms with Crippen LogP contribution >= 0.6 is 23.2 Å². The Balaban J connectivity index is 1.41. The third kappa shape index (κ3) is 5.28. The number of nitrogens with zero attached hydrogens (tertiary/aromatic N) is 3. The number of ether oxygens (including phenoxy) is 1. The molecule has 1 aromatic heterocycles. The van der Waals surface area contributed by atoms with E-state index < -0.39 is 0 Å². The average Bonchev–Trinajstić information content (AvgIpc) is 3.34. The van der Waals surface area contributed by atoms with Crippen LogP contribution in [0.3, 0.4) is 0 Å². The minimum absolute atomic E-state index is 0.0409. The first-order valence-electron chi connectivity index (χ1n) is 12.5. The number of hydrogen-bond acceptors (Lipinski definition) is 4. The van der Waals surface area contributed by atoms with Crippen molar-refractivity contribution in [1.29, 1.82) is 5.26 Å². The Kier molecular flexibility index (Phi) is 7.46. The van der Waals surface area contributed by atoms with E-state index in [9.17, 15) is 10.1 Å². The molecule has 1 fully saturated rings. The van der Waals surface area contributed by atoms with Crippen LogP contribution in [0.5, 0.6) is 6.01 Å². The molecule has 2 N–H and O–H groups in total. The zero-order valence-electron chi connectivity index (χ0n) is 20.9. The average molecular weight is 548 g/mol. The van der Waals surface area contributed by atoms with Gasteiger partial charge in [-0.2, -0.15) is 10.2 Å². The van der Waals surface area contributed by atoms with E-state index in [-0.39, 0.29) is 11.4 Å². The number of hydrogen-bond donors (Lipinski definition) is 2. The highest BCUT2D eigenvalue weighted by molar-refractivity contribution is 6.42. The van der Waals surface area contributed by atoms with E-state index in [0.717, 1.165) is 35.0 Å². The number of carbonyl (C=O) groups is 1. The van der Waals surface area contributed by atoms with Gasteiger partial charge in [0.25, 0.3) is 6.01 Å². The van der Waals surface area contributed by atoms with Crippen LogP contribution in [0.25, 0.3) is 22.2 Å². The third-order valence-corrected chi connectivity index (χ3v) is 7.87. The number of H-pyrrole nitrogens is 1. The molecule has 1 aliphatic rings. The summed E-state index contributed by atoms with van der Waals surface area (Å²) in [5.74, 6) is 0. The van der Waals surface area contributed by atoms with E-state index >= 15 is 0 Å². The van der Waals surface area contributed by atoms with Gasteiger partial charge in [-0.1, -0.05) is 59.6 Å². The number of benzene rings is 3. The van der Waals surface area contributed by atoms with Crippen LogP contribution < -0.4 is 10.1 Å². The van der Waals surface area contributed by atoms with Gasteiger partial charge in [-0.25, -0.2) is 4.79 Å². The van der Waals surface area contributed by atoms with Crippen LogP contribution in [0.2, 0.25) is 10.0 Å². The fourth-order valence-corrected chi connectivity index (χ4v) is 5.28. The zero-order valence-corrected chi connectivity index (χ0v) is 22.4. The molecule has 0 aliphatic carbocycles. The van der Waals surface area contributed by atoms with Crippen molar-refractivity contribution in [3.8, 4) is 23.2 Å². The molecule has 0 spiro atoms. The Morgan fingerprint density at radius 3 is 2.55 bits per heavy atom. The number of urea groups is 1. The maximum absolute atomic E-state index is 12.5. The number of likely N-dealkylation sites (tertiary alicyclic amines) is 1. The minimum Gasteiger partial charge on any atom is -0.464 e. The quantitative estimate of drug-likeness (QED) is 0.286. The topological polar surface area (TPSA) is 94.0 Å². The second kappa shape index (κ2) is 10.9. The summed E-state index contributed by atoms with van der Waals surface area (Å²) < 4.78 is 6.25. The summed E-state index contributed by atoms with van der Waals surface area (Å²) in [5.41, 5.74) is 4.90. The van der Waals surface area contributed by atoms with Gasteiger partial charge < -0.3 is 19.9 Å². The van der Waals surface area contributed by atoms with Crippen molar-refractivity contribution in [2.24, 2.45) is 0 Å². The highest BCUT2D eigenvalue weighted by Gasteiger charge is 2.38. The lowest BCUT2D eigenvalue weighted by Gasteiger charge is -2.41. The van der Waals surface area contributed by atoms with Crippen molar-refractivity contribution in [3.05, 3.63) is 81.8 Å². The summed E-state index contributed by atoms with van der Waals surface area (Å²) in [6.45, 7) is 4.14. The van der Waals surface area contributed by atoms with Crippen LogP contribution in [-0.2, 0) is 5.41 Å². The summed E-state index contributed by atoms with van der Waals surface area (Å²) in [6.07, 6.45) is 1.48. The summed E-state index contributed by atoms with van der Waals surface area (Å²) >= 11 is 12.3. The van der Waals surface area contributed by atoms with Gasteiger partial charge in [0.2, 0.25) is 0 Å². The molecule has 9 heteroatoms. The lowest BCUT2D eigenvalue weighted by atomic mass is 9.73. The number of aromatic nitrogens is 2. The molecule has 0 unspecified atom stereocenters. The molecule has 194 valence electrons. The highest BCUT2D eigenvalue weighted by Crippen LogP contribution is 2.38. The normalized spacial score (nSPS) is 14.7. The van der Waals surface area contributed by atoms with Crippen molar-refractivity contribution in [2.45, 2.75) is 25.2 Å². The zero-order chi connectivity index (χ0) is 26.7. The third-order valence-electron chi connectivity index (χ3n) is 7.15. The molecule has 1 saturated heterocycles. The van der Waals surface area contributed by atoms with Gasteiger partial charge in [0.15, 0.2) is 0 Å². The van der Waals surface area contributed by atoms with Crippen molar-refractivity contribution in [3.63, 3.8) is 0 Å². The Bertz CT molecular complexity index is 1460. The Morgan fingerprint density at radius 1 is 1.11 bits per heavy atom. The molecule has 7 nitrogen and oxygen atoms in total. The fraction of sp³-hybridized carbons (Fsp3) is 0.276. The number of carbonyl (C=O) groups excluding carboxylic acids is 1. The van der Waals surface area contributed by atoms with Gasteiger partial charge in [0.05, 0.1) is 32.7 Å². The smallest absolute Gasteiger partial charge is 0.317 e. The number of aromatic amines is 1. The van der Waals surface area contributed by atoms with Crippen LogP contribution in [0, 0.1) is 11.3 Å². The summed E-state index contributed by atoms with van der Waals surface area (Å²) in [6, 6.07) is 22.0. The molecule has 0 bridgehead atoms. The first-order valence-corrected chi connectivity index (χ1v) is 13.3. The predicted molar refractivity (Wildman–Crippen MR) is 150 cm³/mol. The molecular formula is C29H27Cl2N5O2. The molecule has 4 aromatic rings. The van der Waals surface area contributed by atoms with Crippen molar-refractivity contribution in [1.82, 2.24) is 20.2 Å². The largest absolute Gasteiger partial charge is 0.464 e. The number of piperidine rings is 1. The lowest BCUT2D eigenvalue weighted by Crippen LogP contribution is -2.50. The number of amides is 2. The highest BCUT2D eigenvalue weighted by atomic mass is 35.5. The predicted octanol–water partition coefficient (Wildman–Crippen LogP) is 6.55. The van der Waals surface area contributed by atoms with Gasteiger partial charge in [-0.15, -0.1) is 0 Å². The van der Waals surface area contributed by atoms with E-state index in [1.165, 1.54) is 0 Å². The summed E-state index contributed by atoms with van der Waals surface area (Å²) in [5, 5.41) is 13.0. The van der Waals surface area contributed by atoms with Gasteiger partial charge >= 0.3 is 6.03 Å². The molecular weight excluding hydrogens is 521 g/mol. The second-order valence-corrected chi connectivity index (χ2v) is 10.3. The Labute approximate surface area is 231 Å². The van der Waals surface area contributed by atoms with E-state index in [1.54, 1.807) is 18.2 Å². The molecule has 38 heavy (non-hydrogen) atoms. The van der Waals surface area contributed by atoms with Crippen LogP contribution in [0.4, 0.5) is 4.79 Å². The minimum atomic E-state index is -0.315. The Hall–Kier alpha value is -3.73. The molecule has 0 atom stereocenters. The number of fused-ring (bicyclic) bond motifs is 1. The van der Waals surface area contributed by atoms with E-state index in [4.69, 9.17) is 27.9 Å². The maximum atomic E-state index is 12.5. The van der Waals surface area contributed by atoms with E-state index in [2.05, 4.69) is 45.6 Å². The first kappa shape index (κ1) is 25.9. The van der Waals surface area contributed by atoms with Crippen molar-refractivity contribution >= 4 is 40.3 Å². The van der Waals surface area contributed by atoms with Gasteiger partial charge in [0, 0.05) is 25.0 Å². The number of imidazole rings is 1. The Morgan fingerprint density at radius 2 is 1.84 bits per heavy atom. The van der Waals surface area contributed by atoms with Gasteiger partial charge in [-0.3, -0.25) is 0 Å². The van der Waals surface area contributed by atoms with E-state index in [1.807, 2.05) is 30.0 Å². The summed E-state index contributed by atoms with van der Waals surface area (Å²) in [7, 11) is 0. The number of halogens is 2. The van der Waals surface area contributed by atoms with Gasteiger partial charge in [0.1, 0.15) is 6.61 Å². The molecule has 0 saturated carbocycles. The molecule has 5 rings (SSSR count). The molecule has 3 aromatic carbocycles. The lowest BCUT2D eigenvalue weighted by molar-refractivity contribution is 0.117. The second-order valence-electron chi connectivity index (χ2n) is 9.49. The van der Waals surface area contributed by atoms with Crippen molar-refractivity contribution < 1.29 is 9.53 Å². The number of rotatable bonds is 6. The monoisotopic (exact) mass is 547 g/mol. The van der Waals surface area contributed by atoms with Crippen LogP contribution in [0.15, 0.2) is 60.7 Å². The van der Waals surface area contributed by atoms with Gasteiger partial charge in [-0.05, 0) is 60.7 Å². The SMILES string of the molecule is CCNC(=O)N1CCC(COc2nc3cc(Cl)c(Cl)cc3[nH]2)(c2ccc(-c3cccc(C#N)c3)cc2)CC1. The maximum Gasteiger partial charge on any atom is 0.317 e.